The van der Waals surface area contributed by atoms with Crippen LogP contribution in [0.5, 0.6) is 0 Å². The Morgan fingerprint density at radius 3 is 2.85 bits per heavy atom. The van der Waals surface area contributed by atoms with Crippen LogP contribution in [0.2, 0.25) is 5.15 Å². The third-order valence-electron chi connectivity index (χ3n) is 3.42. The molecule has 0 spiro atoms. The van der Waals surface area contributed by atoms with Crippen molar-refractivity contribution in [2.24, 2.45) is 0 Å². The number of aromatic nitrogens is 2. The highest BCUT2D eigenvalue weighted by Gasteiger charge is 2.14. The summed E-state index contributed by atoms with van der Waals surface area (Å²) in [5.74, 6) is 0.0784. The fourth-order valence-electron chi connectivity index (χ4n) is 2.29. The third kappa shape index (κ3) is 2.32. The minimum atomic E-state index is 0.0784. The smallest absolute Gasteiger partial charge is 0.169 e. The summed E-state index contributed by atoms with van der Waals surface area (Å²) in [5, 5.41) is 1.23. The number of ketones is 1. The molecule has 0 aliphatic heterocycles. The average molecular weight is 285 g/mol. The standard InChI is InChI=1S/C16H13ClN2O/c1-10-4-2-3-5-11(10)8-14(20)13-9-18-16-12(13)6-7-15(17)19-16/h2-7,9H,8H2,1H3,(H,18,19). The molecule has 3 rings (SSSR count). The number of aryl methyl sites for hydroxylation is 1. The quantitative estimate of drug-likeness (QED) is 0.585. The van der Waals surface area contributed by atoms with Crippen LogP contribution in [0.4, 0.5) is 0 Å². The van der Waals surface area contributed by atoms with Crippen molar-refractivity contribution in [2.75, 3.05) is 0 Å². The Kier molecular flexibility index (Phi) is 3.28. The van der Waals surface area contributed by atoms with Gasteiger partial charge in [-0.3, -0.25) is 4.79 Å². The molecule has 0 bridgehead atoms. The van der Waals surface area contributed by atoms with Crippen LogP contribution in [-0.4, -0.2) is 15.8 Å². The molecule has 1 aromatic carbocycles. The van der Waals surface area contributed by atoms with E-state index in [1.807, 2.05) is 37.3 Å². The Bertz CT molecular complexity index is 792. The molecule has 4 heteroatoms. The van der Waals surface area contributed by atoms with Gasteiger partial charge in [0, 0.05) is 23.6 Å². The normalized spacial score (nSPS) is 10.9. The van der Waals surface area contributed by atoms with Crippen LogP contribution in [0.3, 0.4) is 0 Å². The first-order valence-electron chi connectivity index (χ1n) is 6.36. The number of fused-ring (bicyclic) bond motifs is 1. The maximum absolute atomic E-state index is 12.4. The van der Waals surface area contributed by atoms with Crippen LogP contribution in [0, 0.1) is 6.92 Å². The molecule has 100 valence electrons. The number of Topliss-reactive ketones (excluding diaryl/α,β-unsaturated/α-hetero) is 1. The van der Waals surface area contributed by atoms with Crippen molar-refractivity contribution in [3.8, 4) is 0 Å². The summed E-state index contributed by atoms with van der Waals surface area (Å²) < 4.78 is 0. The van der Waals surface area contributed by atoms with Gasteiger partial charge in [0.1, 0.15) is 10.8 Å². The van der Waals surface area contributed by atoms with Gasteiger partial charge in [-0.1, -0.05) is 35.9 Å². The number of rotatable bonds is 3. The number of carbonyl (C=O) groups is 1. The van der Waals surface area contributed by atoms with Crippen LogP contribution in [0.25, 0.3) is 11.0 Å². The van der Waals surface area contributed by atoms with Gasteiger partial charge in [0.25, 0.3) is 0 Å². The Labute approximate surface area is 121 Å². The maximum Gasteiger partial charge on any atom is 0.169 e. The highest BCUT2D eigenvalue weighted by atomic mass is 35.5. The molecule has 0 aliphatic rings. The zero-order valence-electron chi connectivity index (χ0n) is 11.0. The van der Waals surface area contributed by atoms with Gasteiger partial charge < -0.3 is 4.98 Å². The van der Waals surface area contributed by atoms with E-state index in [4.69, 9.17) is 11.6 Å². The molecule has 3 nitrogen and oxygen atoms in total. The van der Waals surface area contributed by atoms with Crippen LogP contribution < -0.4 is 0 Å². The molecule has 2 aromatic heterocycles. The summed E-state index contributed by atoms with van der Waals surface area (Å²) in [6.07, 6.45) is 2.09. The van der Waals surface area contributed by atoms with E-state index in [0.29, 0.717) is 22.8 Å². The second-order valence-corrected chi connectivity index (χ2v) is 5.15. The SMILES string of the molecule is Cc1ccccc1CC(=O)c1c[nH]c2nc(Cl)ccc12. The molecule has 0 saturated carbocycles. The third-order valence-corrected chi connectivity index (χ3v) is 3.63. The van der Waals surface area contributed by atoms with E-state index in [2.05, 4.69) is 9.97 Å². The van der Waals surface area contributed by atoms with E-state index in [9.17, 15) is 4.79 Å². The zero-order valence-corrected chi connectivity index (χ0v) is 11.7. The van der Waals surface area contributed by atoms with E-state index in [-0.39, 0.29) is 5.78 Å². The summed E-state index contributed by atoms with van der Waals surface area (Å²) in [5.41, 5.74) is 3.48. The lowest BCUT2D eigenvalue weighted by atomic mass is 10.00. The predicted molar refractivity (Wildman–Crippen MR) is 80.3 cm³/mol. The summed E-state index contributed by atoms with van der Waals surface area (Å²) in [6.45, 7) is 2.01. The molecule has 2 heterocycles. The Balaban J connectivity index is 1.95. The fourth-order valence-corrected chi connectivity index (χ4v) is 2.44. The first-order chi connectivity index (χ1) is 9.65. The van der Waals surface area contributed by atoms with Crippen molar-refractivity contribution in [3.05, 3.63) is 64.4 Å². The van der Waals surface area contributed by atoms with Gasteiger partial charge in [0.15, 0.2) is 5.78 Å². The molecule has 3 aromatic rings. The number of carbonyl (C=O) groups excluding carboxylic acids is 1. The number of hydrogen-bond acceptors (Lipinski definition) is 2. The van der Waals surface area contributed by atoms with Crippen molar-refractivity contribution in [1.82, 2.24) is 9.97 Å². The van der Waals surface area contributed by atoms with Crippen molar-refractivity contribution in [1.29, 1.82) is 0 Å². The largest absolute Gasteiger partial charge is 0.345 e. The molecule has 0 atom stereocenters. The van der Waals surface area contributed by atoms with E-state index in [1.54, 1.807) is 12.3 Å². The number of halogens is 1. The Morgan fingerprint density at radius 2 is 2.05 bits per heavy atom. The van der Waals surface area contributed by atoms with Gasteiger partial charge in [-0.25, -0.2) is 4.98 Å². The van der Waals surface area contributed by atoms with Crippen molar-refractivity contribution in [3.63, 3.8) is 0 Å². The van der Waals surface area contributed by atoms with E-state index in [0.717, 1.165) is 16.5 Å². The van der Waals surface area contributed by atoms with Crippen molar-refractivity contribution >= 4 is 28.4 Å². The van der Waals surface area contributed by atoms with Gasteiger partial charge in [-0.05, 0) is 30.2 Å². The molecule has 0 saturated heterocycles. The van der Waals surface area contributed by atoms with E-state index >= 15 is 0 Å². The minimum Gasteiger partial charge on any atom is -0.345 e. The van der Waals surface area contributed by atoms with Crippen LogP contribution in [-0.2, 0) is 6.42 Å². The number of benzene rings is 1. The molecule has 0 radical (unpaired) electrons. The average Bonchev–Trinajstić information content (AvgIpc) is 2.84. The molecule has 20 heavy (non-hydrogen) atoms. The van der Waals surface area contributed by atoms with Crippen LogP contribution in [0.15, 0.2) is 42.6 Å². The number of nitrogens with one attached hydrogen (secondary N) is 1. The summed E-state index contributed by atoms with van der Waals surface area (Å²) in [4.78, 5) is 19.6. The number of aromatic amines is 1. The molecule has 0 amide bonds. The molecule has 1 N–H and O–H groups in total. The lowest BCUT2D eigenvalue weighted by molar-refractivity contribution is 0.0994. The second kappa shape index (κ2) is 5.10. The minimum absolute atomic E-state index is 0.0784. The number of pyridine rings is 1. The van der Waals surface area contributed by atoms with Crippen molar-refractivity contribution in [2.45, 2.75) is 13.3 Å². The lowest BCUT2D eigenvalue weighted by Crippen LogP contribution is -2.04. The fraction of sp³-hybridized carbons (Fsp3) is 0.125. The molecule has 0 fully saturated rings. The Morgan fingerprint density at radius 1 is 1.25 bits per heavy atom. The lowest BCUT2D eigenvalue weighted by Gasteiger charge is -2.04. The highest BCUT2D eigenvalue weighted by Crippen LogP contribution is 2.21. The van der Waals surface area contributed by atoms with Crippen LogP contribution >= 0.6 is 11.6 Å². The van der Waals surface area contributed by atoms with Gasteiger partial charge in [-0.2, -0.15) is 0 Å². The Hall–Kier alpha value is -2.13. The summed E-state index contributed by atoms with van der Waals surface area (Å²) in [6, 6.07) is 11.4. The second-order valence-electron chi connectivity index (χ2n) is 4.76. The van der Waals surface area contributed by atoms with Gasteiger partial charge in [0.05, 0.1) is 0 Å². The monoisotopic (exact) mass is 284 g/mol. The topological polar surface area (TPSA) is 45.8 Å². The van der Waals surface area contributed by atoms with E-state index in [1.165, 1.54) is 0 Å². The first-order valence-corrected chi connectivity index (χ1v) is 6.74. The molecule has 0 aliphatic carbocycles. The van der Waals surface area contributed by atoms with Crippen molar-refractivity contribution < 1.29 is 4.79 Å². The predicted octanol–water partition coefficient (Wildman–Crippen LogP) is 3.95. The number of hydrogen-bond donors (Lipinski definition) is 1. The van der Waals surface area contributed by atoms with Gasteiger partial charge in [0.2, 0.25) is 0 Å². The van der Waals surface area contributed by atoms with Gasteiger partial charge >= 0.3 is 0 Å². The summed E-state index contributed by atoms with van der Waals surface area (Å²) >= 11 is 5.84. The highest BCUT2D eigenvalue weighted by molar-refractivity contribution is 6.29. The maximum atomic E-state index is 12.4. The molecular formula is C16H13ClN2O. The number of H-pyrrole nitrogens is 1. The molecule has 0 unspecified atom stereocenters. The summed E-state index contributed by atoms with van der Waals surface area (Å²) in [7, 11) is 0. The zero-order chi connectivity index (χ0) is 14.1. The number of nitrogens with zero attached hydrogens (tertiary/aromatic N) is 1. The first kappa shape index (κ1) is 12.9. The van der Waals surface area contributed by atoms with Gasteiger partial charge in [-0.15, -0.1) is 0 Å². The van der Waals surface area contributed by atoms with E-state index < -0.39 is 0 Å². The molecular weight excluding hydrogens is 272 g/mol. The van der Waals surface area contributed by atoms with Crippen LogP contribution in [0.1, 0.15) is 21.5 Å².